The molecule has 1 aromatic carbocycles. The van der Waals surface area contributed by atoms with Crippen molar-refractivity contribution in [1.29, 1.82) is 0 Å². The predicted octanol–water partition coefficient (Wildman–Crippen LogP) is 1.94. The molecule has 0 aliphatic heterocycles. The Kier molecular flexibility index (Phi) is 3.42. The lowest BCUT2D eigenvalue weighted by molar-refractivity contribution is -0.384. The van der Waals surface area contributed by atoms with E-state index in [4.69, 9.17) is 4.74 Å². The molecule has 0 aliphatic rings. The summed E-state index contributed by atoms with van der Waals surface area (Å²) in [6, 6.07) is 6.68. The van der Waals surface area contributed by atoms with Gasteiger partial charge in [0, 0.05) is 6.20 Å². The topological polar surface area (TPSA) is 93.1 Å². The van der Waals surface area contributed by atoms with Crippen molar-refractivity contribution in [3.8, 4) is 5.75 Å². The van der Waals surface area contributed by atoms with E-state index in [-0.39, 0.29) is 11.4 Å². The maximum absolute atomic E-state index is 11.0. The Bertz CT molecular complexity index is 539. The highest BCUT2D eigenvalue weighted by molar-refractivity contribution is 5.68. The minimum absolute atomic E-state index is 0.0699. The number of nitro groups is 1. The van der Waals surface area contributed by atoms with Crippen molar-refractivity contribution in [2.24, 2.45) is 0 Å². The molecule has 7 nitrogen and oxygen atoms in total. The Balaban J connectivity index is 2.24. The van der Waals surface area contributed by atoms with Gasteiger partial charge < -0.3 is 10.1 Å². The van der Waals surface area contributed by atoms with Crippen molar-refractivity contribution >= 4 is 11.4 Å². The van der Waals surface area contributed by atoms with E-state index in [2.05, 4.69) is 15.5 Å². The molecule has 0 atom stereocenters. The third-order valence-corrected chi connectivity index (χ3v) is 2.43. The summed E-state index contributed by atoms with van der Waals surface area (Å²) in [5.41, 5.74) is 1.18. The molecule has 0 bridgehead atoms. The van der Waals surface area contributed by atoms with Crippen molar-refractivity contribution in [1.82, 2.24) is 10.2 Å². The van der Waals surface area contributed by atoms with Crippen LogP contribution in [0.1, 0.15) is 5.69 Å². The number of nitro benzene ring substituents is 1. The van der Waals surface area contributed by atoms with Gasteiger partial charge in [-0.05, 0) is 18.2 Å². The van der Waals surface area contributed by atoms with Crippen molar-refractivity contribution in [3.05, 3.63) is 46.3 Å². The zero-order valence-corrected chi connectivity index (χ0v) is 9.71. The van der Waals surface area contributed by atoms with E-state index in [1.54, 1.807) is 30.5 Å². The number of H-pyrrole nitrogens is 1. The summed E-state index contributed by atoms with van der Waals surface area (Å²) >= 11 is 0. The van der Waals surface area contributed by atoms with Crippen molar-refractivity contribution < 1.29 is 9.66 Å². The fourth-order valence-corrected chi connectivity index (χ4v) is 1.59. The summed E-state index contributed by atoms with van der Waals surface area (Å²) in [6.07, 6.45) is 1.62. The van der Waals surface area contributed by atoms with E-state index in [1.165, 1.54) is 7.11 Å². The molecule has 18 heavy (non-hydrogen) atoms. The van der Waals surface area contributed by atoms with Gasteiger partial charge in [0.05, 0.1) is 24.3 Å². The van der Waals surface area contributed by atoms with Gasteiger partial charge in [0.1, 0.15) is 5.69 Å². The Hall–Kier alpha value is -2.57. The van der Waals surface area contributed by atoms with E-state index >= 15 is 0 Å². The first-order valence-electron chi connectivity index (χ1n) is 5.26. The van der Waals surface area contributed by atoms with Crippen LogP contribution in [0, 0.1) is 10.1 Å². The third kappa shape index (κ3) is 2.40. The highest BCUT2D eigenvalue weighted by atomic mass is 16.6. The van der Waals surface area contributed by atoms with Crippen LogP contribution < -0.4 is 10.1 Å². The van der Waals surface area contributed by atoms with E-state index in [0.29, 0.717) is 12.2 Å². The van der Waals surface area contributed by atoms with Crippen LogP contribution in [0.2, 0.25) is 0 Å². The minimum Gasteiger partial charge on any atom is -0.490 e. The van der Waals surface area contributed by atoms with Gasteiger partial charge in [-0.25, -0.2) is 0 Å². The molecule has 7 heteroatoms. The molecular formula is C11H12N4O3. The number of ether oxygens (including phenoxy) is 1. The minimum atomic E-state index is -0.464. The number of rotatable bonds is 5. The van der Waals surface area contributed by atoms with Crippen LogP contribution in [0.3, 0.4) is 0 Å². The molecule has 0 saturated heterocycles. The fraction of sp³-hybridized carbons (Fsp3) is 0.182. The Morgan fingerprint density at radius 3 is 2.94 bits per heavy atom. The second kappa shape index (κ2) is 5.17. The maximum Gasteiger partial charge on any atom is 0.333 e. The number of nitrogens with one attached hydrogen (secondary N) is 2. The van der Waals surface area contributed by atoms with Crippen LogP contribution in [-0.2, 0) is 6.54 Å². The smallest absolute Gasteiger partial charge is 0.333 e. The number of anilines is 1. The Morgan fingerprint density at radius 2 is 2.33 bits per heavy atom. The first kappa shape index (κ1) is 11.9. The van der Waals surface area contributed by atoms with Crippen LogP contribution >= 0.6 is 0 Å². The van der Waals surface area contributed by atoms with Gasteiger partial charge in [0.15, 0.2) is 5.75 Å². The summed E-state index contributed by atoms with van der Waals surface area (Å²) in [5.74, 6) is 0.231. The van der Waals surface area contributed by atoms with Crippen molar-refractivity contribution in [2.75, 3.05) is 12.4 Å². The largest absolute Gasteiger partial charge is 0.490 e. The van der Waals surface area contributed by atoms with Gasteiger partial charge in [-0.1, -0.05) is 6.07 Å². The highest BCUT2D eigenvalue weighted by Crippen LogP contribution is 2.34. The van der Waals surface area contributed by atoms with Crippen molar-refractivity contribution in [2.45, 2.75) is 6.54 Å². The SMILES string of the molecule is COc1cccc(NCc2ccn[nH]2)c1[N+](=O)[O-]. The molecular weight excluding hydrogens is 236 g/mol. The number of benzene rings is 1. The third-order valence-electron chi connectivity index (χ3n) is 2.43. The molecule has 0 spiro atoms. The standard InChI is InChI=1S/C11H12N4O3/c1-18-10-4-2-3-9(11(10)15(16)17)12-7-8-5-6-13-14-8/h2-6,12H,7H2,1H3,(H,13,14). The summed E-state index contributed by atoms with van der Waals surface area (Å²) in [7, 11) is 1.40. The first-order chi connectivity index (χ1) is 8.72. The van der Waals surface area contributed by atoms with E-state index in [1.807, 2.05) is 0 Å². The molecule has 0 fully saturated rings. The number of para-hydroxylation sites is 1. The molecule has 0 saturated carbocycles. The second-order valence-corrected chi connectivity index (χ2v) is 3.55. The van der Waals surface area contributed by atoms with Crippen LogP contribution in [0.5, 0.6) is 5.75 Å². The van der Waals surface area contributed by atoms with Gasteiger partial charge in [0.25, 0.3) is 0 Å². The zero-order valence-electron chi connectivity index (χ0n) is 9.71. The molecule has 2 N–H and O–H groups in total. The average Bonchev–Trinajstić information content (AvgIpc) is 2.88. The molecule has 0 amide bonds. The van der Waals surface area contributed by atoms with Crippen LogP contribution in [0.15, 0.2) is 30.5 Å². The fourth-order valence-electron chi connectivity index (χ4n) is 1.59. The quantitative estimate of drug-likeness (QED) is 0.623. The molecule has 0 aliphatic carbocycles. The maximum atomic E-state index is 11.0. The lowest BCUT2D eigenvalue weighted by Gasteiger charge is -2.08. The van der Waals surface area contributed by atoms with Crippen LogP contribution in [0.25, 0.3) is 0 Å². The van der Waals surface area contributed by atoms with Crippen LogP contribution in [-0.4, -0.2) is 22.2 Å². The Labute approximate surface area is 103 Å². The summed E-state index contributed by atoms with van der Waals surface area (Å²) in [4.78, 5) is 10.6. The summed E-state index contributed by atoms with van der Waals surface area (Å²) in [5, 5.41) is 20.6. The molecule has 1 heterocycles. The van der Waals surface area contributed by atoms with Crippen LogP contribution in [0.4, 0.5) is 11.4 Å². The van der Waals surface area contributed by atoms with E-state index < -0.39 is 4.92 Å². The molecule has 94 valence electrons. The number of methoxy groups -OCH3 is 1. The van der Waals surface area contributed by atoms with Gasteiger partial charge in [-0.3, -0.25) is 15.2 Å². The number of aromatic nitrogens is 2. The number of aromatic amines is 1. The second-order valence-electron chi connectivity index (χ2n) is 3.55. The summed E-state index contributed by atoms with van der Waals surface area (Å²) < 4.78 is 4.98. The lowest BCUT2D eigenvalue weighted by atomic mass is 10.2. The molecule has 0 radical (unpaired) electrons. The highest BCUT2D eigenvalue weighted by Gasteiger charge is 2.20. The van der Waals surface area contributed by atoms with Gasteiger partial charge in [0.2, 0.25) is 0 Å². The number of hydrogen-bond acceptors (Lipinski definition) is 5. The van der Waals surface area contributed by atoms with Gasteiger partial charge in [-0.15, -0.1) is 0 Å². The molecule has 0 unspecified atom stereocenters. The zero-order chi connectivity index (χ0) is 13.0. The number of nitrogens with zero attached hydrogens (tertiary/aromatic N) is 2. The predicted molar refractivity (Wildman–Crippen MR) is 65.6 cm³/mol. The Morgan fingerprint density at radius 1 is 1.50 bits per heavy atom. The van der Waals surface area contributed by atoms with Gasteiger partial charge in [-0.2, -0.15) is 5.10 Å². The van der Waals surface area contributed by atoms with E-state index in [0.717, 1.165) is 5.69 Å². The lowest BCUT2D eigenvalue weighted by Crippen LogP contribution is -2.04. The first-order valence-corrected chi connectivity index (χ1v) is 5.26. The average molecular weight is 248 g/mol. The number of hydrogen-bond donors (Lipinski definition) is 2. The summed E-state index contributed by atoms with van der Waals surface area (Å²) in [6.45, 7) is 0.425. The molecule has 1 aromatic heterocycles. The van der Waals surface area contributed by atoms with Crippen molar-refractivity contribution in [3.63, 3.8) is 0 Å². The normalized spacial score (nSPS) is 10.1. The van der Waals surface area contributed by atoms with E-state index in [9.17, 15) is 10.1 Å². The molecule has 2 aromatic rings. The molecule has 2 rings (SSSR count). The monoisotopic (exact) mass is 248 g/mol. The van der Waals surface area contributed by atoms with Gasteiger partial charge >= 0.3 is 5.69 Å².